The summed E-state index contributed by atoms with van der Waals surface area (Å²) in [7, 11) is 1.61. The zero-order valence-electron chi connectivity index (χ0n) is 14.0. The third kappa shape index (κ3) is 3.76. The van der Waals surface area contributed by atoms with Crippen molar-refractivity contribution in [2.45, 2.75) is 31.8 Å². The minimum absolute atomic E-state index is 0.115. The summed E-state index contributed by atoms with van der Waals surface area (Å²) in [6, 6.07) is 3.50. The highest BCUT2D eigenvalue weighted by atomic mass is 16.5. The molecule has 8 nitrogen and oxygen atoms in total. The van der Waals surface area contributed by atoms with Crippen LogP contribution in [0.1, 0.15) is 36.4 Å². The summed E-state index contributed by atoms with van der Waals surface area (Å²) >= 11 is 0. The molecule has 0 aliphatic carbocycles. The second-order valence-corrected chi connectivity index (χ2v) is 6.02. The van der Waals surface area contributed by atoms with E-state index in [1.165, 1.54) is 6.33 Å². The lowest BCUT2D eigenvalue weighted by Crippen LogP contribution is -2.47. The minimum Gasteiger partial charge on any atom is -0.464 e. The van der Waals surface area contributed by atoms with Crippen LogP contribution < -0.4 is 5.32 Å². The zero-order chi connectivity index (χ0) is 16.9. The Morgan fingerprint density at radius 2 is 2.42 bits per heavy atom. The van der Waals surface area contributed by atoms with Gasteiger partial charge in [0, 0.05) is 20.2 Å². The second-order valence-electron chi connectivity index (χ2n) is 6.02. The summed E-state index contributed by atoms with van der Waals surface area (Å²) in [6.07, 6.45) is 5.15. The maximum Gasteiger partial charge on any atom is 0.318 e. The average molecular weight is 333 g/mol. The van der Waals surface area contributed by atoms with Crippen LogP contribution in [0.15, 0.2) is 29.2 Å². The highest BCUT2D eigenvalue weighted by Gasteiger charge is 2.27. The van der Waals surface area contributed by atoms with Crippen molar-refractivity contribution in [1.29, 1.82) is 0 Å². The van der Waals surface area contributed by atoms with Crippen molar-refractivity contribution in [3.05, 3.63) is 36.3 Å². The van der Waals surface area contributed by atoms with E-state index in [0.29, 0.717) is 18.9 Å². The molecular weight excluding hydrogens is 310 g/mol. The van der Waals surface area contributed by atoms with Gasteiger partial charge < -0.3 is 19.4 Å². The third-order valence-electron chi connectivity index (χ3n) is 4.23. The van der Waals surface area contributed by atoms with Crippen LogP contribution in [0, 0.1) is 6.92 Å². The van der Waals surface area contributed by atoms with Gasteiger partial charge in [-0.3, -0.25) is 0 Å². The van der Waals surface area contributed by atoms with Gasteiger partial charge in [-0.25, -0.2) is 14.5 Å². The lowest BCUT2D eigenvalue weighted by atomic mass is 10.1. The van der Waals surface area contributed by atoms with Crippen LogP contribution in [0.3, 0.4) is 0 Å². The monoisotopic (exact) mass is 333 g/mol. The number of nitrogens with one attached hydrogen (secondary N) is 1. The van der Waals surface area contributed by atoms with Crippen LogP contribution in [0.2, 0.25) is 0 Å². The summed E-state index contributed by atoms with van der Waals surface area (Å²) in [6.45, 7) is 3.58. The van der Waals surface area contributed by atoms with Crippen molar-refractivity contribution < 1.29 is 13.9 Å². The molecule has 130 valence electrons. The number of hydrogen-bond donors (Lipinski definition) is 1. The molecule has 1 aliphatic heterocycles. The van der Waals surface area contributed by atoms with Crippen molar-refractivity contribution in [2.24, 2.45) is 0 Å². The third-order valence-corrected chi connectivity index (χ3v) is 4.23. The van der Waals surface area contributed by atoms with E-state index in [1.807, 2.05) is 28.6 Å². The Balaban J connectivity index is 1.64. The molecule has 0 spiro atoms. The number of rotatable bonds is 5. The van der Waals surface area contributed by atoms with E-state index in [2.05, 4.69) is 15.4 Å². The van der Waals surface area contributed by atoms with Gasteiger partial charge in [-0.15, -0.1) is 0 Å². The number of nitrogens with zero attached hydrogens (tertiary/aromatic N) is 4. The second kappa shape index (κ2) is 7.48. The fraction of sp³-hybridized carbons (Fsp3) is 0.562. The number of carbonyl (C=O) groups excluding carboxylic acids is 1. The van der Waals surface area contributed by atoms with E-state index in [-0.39, 0.29) is 18.1 Å². The van der Waals surface area contributed by atoms with Crippen molar-refractivity contribution in [1.82, 2.24) is 25.0 Å². The molecule has 2 aromatic rings. The van der Waals surface area contributed by atoms with E-state index in [9.17, 15) is 4.79 Å². The van der Waals surface area contributed by atoms with Gasteiger partial charge in [-0.05, 0) is 31.9 Å². The molecule has 3 heterocycles. The van der Waals surface area contributed by atoms with E-state index < -0.39 is 0 Å². The molecule has 0 bridgehead atoms. The molecule has 0 radical (unpaired) electrons. The quantitative estimate of drug-likeness (QED) is 0.903. The van der Waals surface area contributed by atoms with Crippen LogP contribution in [0.4, 0.5) is 4.79 Å². The van der Waals surface area contributed by atoms with Gasteiger partial charge >= 0.3 is 6.03 Å². The fourth-order valence-corrected chi connectivity index (χ4v) is 3.00. The molecule has 8 heteroatoms. The number of furan rings is 1. The Kier molecular flexibility index (Phi) is 5.14. The van der Waals surface area contributed by atoms with Gasteiger partial charge in [0.25, 0.3) is 0 Å². The highest BCUT2D eigenvalue weighted by Crippen LogP contribution is 2.22. The largest absolute Gasteiger partial charge is 0.464 e. The lowest BCUT2D eigenvalue weighted by molar-refractivity contribution is 0.135. The molecule has 1 saturated heterocycles. The Hall–Kier alpha value is -2.35. The lowest BCUT2D eigenvalue weighted by Gasteiger charge is -2.33. The normalized spacial score (nSPS) is 19.2. The number of piperidine rings is 1. The van der Waals surface area contributed by atoms with Crippen molar-refractivity contribution in [2.75, 3.05) is 26.8 Å². The highest BCUT2D eigenvalue weighted by molar-refractivity contribution is 5.74. The molecule has 2 unspecified atom stereocenters. The number of aryl methyl sites for hydroxylation is 1. The Morgan fingerprint density at radius 3 is 3.08 bits per heavy atom. The average Bonchev–Trinajstić information content (AvgIpc) is 3.26. The SMILES string of the molecule is COCC(NC(=O)N1CCCC(n2cncn2)C1)c1ccc(C)o1. The molecule has 3 rings (SSSR count). The molecule has 0 aromatic carbocycles. The first-order valence-corrected chi connectivity index (χ1v) is 8.12. The van der Waals surface area contributed by atoms with Crippen LogP contribution in [0.25, 0.3) is 0 Å². The maximum absolute atomic E-state index is 12.7. The first-order valence-electron chi connectivity index (χ1n) is 8.12. The van der Waals surface area contributed by atoms with Crippen molar-refractivity contribution >= 4 is 6.03 Å². The van der Waals surface area contributed by atoms with Crippen LogP contribution >= 0.6 is 0 Å². The minimum atomic E-state index is -0.303. The number of likely N-dealkylation sites (tertiary alicyclic amines) is 1. The topological polar surface area (TPSA) is 85.4 Å². The number of ether oxygens (including phenoxy) is 1. The summed E-state index contributed by atoms with van der Waals surface area (Å²) < 4.78 is 12.7. The number of methoxy groups -OCH3 is 1. The predicted octanol–water partition coefficient (Wildman–Crippen LogP) is 1.91. The molecule has 24 heavy (non-hydrogen) atoms. The Bertz CT molecular complexity index is 654. The summed E-state index contributed by atoms with van der Waals surface area (Å²) in [4.78, 5) is 18.5. The van der Waals surface area contributed by atoms with E-state index in [1.54, 1.807) is 13.4 Å². The van der Waals surface area contributed by atoms with Crippen LogP contribution in [-0.2, 0) is 4.74 Å². The van der Waals surface area contributed by atoms with Gasteiger partial charge in [0.2, 0.25) is 0 Å². The standard InChI is InChI=1S/C16H23N5O3/c1-12-5-6-15(24-12)14(9-23-2)19-16(22)20-7-3-4-13(8-20)21-11-17-10-18-21/h5-6,10-11,13-14H,3-4,7-9H2,1-2H3,(H,19,22). The van der Waals surface area contributed by atoms with Crippen LogP contribution in [-0.4, -0.2) is 52.5 Å². The summed E-state index contributed by atoms with van der Waals surface area (Å²) in [5.74, 6) is 1.51. The van der Waals surface area contributed by atoms with Crippen molar-refractivity contribution in [3.63, 3.8) is 0 Å². The van der Waals surface area contributed by atoms with Gasteiger partial charge in [0.05, 0.1) is 12.6 Å². The number of hydrogen-bond acceptors (Lipinski definition) is 5. The summed E-state index contributed by atoms with van der Waals surface area (Å²) in [5, 5.41) is 7.19. The Morgan fingerprint density at radius 1 is 1.54 bits per heavy atom. The fourth-order valence-electron chi connectivity index (χ4n) is 3.00. The number of carbonyl (C=O) groups is 1. The zero-order valence-corrected chi connectivity index (χ0v) is 14.0. The summed E-state index contributed by atoms with van der Waals surface area (Å²) in [5.41, 5.74) is 0. The van der Waals surface area contributed by atoms with E-state index >= 15 is 0 Å². The van der Waals surface area contributed by atoms with Gasteiger partial charge in [-0.1, -0.05) is 0 Å². The molecule has 1 fully saturated rings. The maximum atomic E-state index is 12.7. The van der Waals surface area contributed by atoms with Gasteiger partial charge in [0.15, 0.2) is 0 Å². The molecular formula is C16H23N5O3. The smallest absolute Gasteiger partial charge is 0.318 e. The molecule has 1 aliphatic rings. The first kappa shape index (κ1) is 16.5. The molecule has 2 atom stereocenters. The van der Waals surface area contributed by atoms with Crippen molar-refractivity contribution in [3.8, 4) is 0 Å². The number of urea groups is 1. The molecule has 2 aromatic heterocycles. The van der Waals surface area contributed by atoms with Gasteiger partial charge in [0.1, 0.15) is 30.2 Å². The van der Waals surface area contributed by atoms with E-state index in [4.69, 9.17) is 9.15 Å². The number of amides is 2. The first-order chi connectivity index (χ1) is 11.7. The number of aromatic nitrogens is 3. The predicted molar refractivity (Wildman–Crippen MR) is 86.5 cm³/mol. The van der Waals surface area contributed by atoms with Crippen LogP contribution in [0.5, 0.6) is 0 Å². The molecule has 2 amide bonds. The van der Waals surface area contributed by atoms with E-state index in [0.717, 1.165) is 25.1 Å². The molecule has 1 N–H and O–H groups in total. The molecule has 0 saturated carbocycles. The van der Waals surface area contributed by atoms with Gasteiger partial charge in [-0.2, -0.15) is 5.10 Å². The Labute approximate surface area is 140 Å².